The zero-order valence-corrected chi connectivity index (χ0v) is 11.2. The number of nitrogens with zero attached hydrogens (tertiary/aromatic N) is 2. The van der Waals surface area contributed by atoms with E-state index < -0.39 is 11.5 Å². The quantitative estimate of drug-likeness (QED) is 0.924. The van der Waals surface area contributed by atoms with Gasteiger partial charge in [0.1, 0.15) is 5.56 Å². The van der Waals surface area contributed by atoms with E-state index in [1.165, 1.54) is 25.4 Å². The molecule has 0 aliphatic rings. The van der Waals surface area contributed by atoms with Crippen LogP contribution in [0, 0.1) is 0 Å². The Hall–Kier alpha value is -1.85. The Morgan fingerprint density at radius 2 is 2.00 bits per heavy atom. The molecule has 1 aromatic carbocycles. The summed E-state index contributed by atoms with van der Waals surface area (Å²) in [7, 11) is 1.38. The first-order valence-corrected chi connectivity index (χ1v) is 5.92. The van der Waals surface area contributed by atoms with E-state index in [1.807, 2.05) is 0 Å². The Balaban J connectivity index is 2.75. The molecule has 19 heavy (non-hydrogen) atoms. The predicted molar refractivity (Wildman–Crippen MR) is 71.9 cm³/mol. The predicted octanol–water partition coefficient (Wildman–Crippen LogP) is 2.45. The Labute approximate surface area is 118 Å². The van der Waals surface area contributed by atoms with E-state index in [0.717, 1.165) is 4.68 Å². The zero-order chi connectivity index (χ0) is 14.2. The van der Waals surface area contributed by atoms with Crippen molar-refractivity contribution in [2.45, 2.75) is 0 Å². The van der Waals surface area contributed by atoms with Crippen molar-refractivity contribution in [3.05, 3.63) is 50.4 Å². The number of aromatic carboxylic acids is 1. The molecule has 0 saturated heterocycles. The number of carboxylic acid groups (broad SMARTS) is 1. The molecule has 0 unspecified atom stereocenters. The highest BCUT2D eigenvalue weighted by molar-refractivity contribution is 6.42. The molecule has 98 valence electrons. The van der Waals surface area contributed by atoms with Gasteiger partial charge in [-0.1, -0.05) is 29.3 Å². The number of carboxylic acids is 1. The van der Waals surface area contributed by atoms with Gasteiger partial charge in [-0.25, -0.2) is 9.48 Å². The summed E-state index contributed by atoms with van der Waals surface area (Å²) in [5, 5.41) is 13.6. The minimum absolute atomic E-state index is 0.203. The van der Waals surface area contributed by atoms with Gasteiger partial charge in [-0.05, 0) is 17.7 Å². The number of aryl methyl sites for hydroxylation is 1. The van der Waals surface area contributed by atoms with E-state index in [1.54, 1.807) is 6.07 Å². The number of rotatable bonds is 2. The summed E-state index contributed by atoms with van der Waals surface area (Å²) in [6, 6.07) is 4.60. The molecule has 0 saturated carbocycles. The molecule has 0 bridgehead atoms. The minimum atomic E-state index is -1.32. The number of benzene rings is 1. The maximum absolute atomic E-state index is 11.8. The number of halogens is 2. The molecule has 0 atom stereocenters. The van der Waals surface area contributed by atoms with Gasteiger partial charge in [0, 0.05) is 12.6 Å². The number of hydrogen-bond acceptors (Lipinski definition) is 3. The molecule has 1 aromatic heterocycles. The second-order valence-electron chi connectivity index (χ2n) is 3.80. The SMILES string of the molecule is Cn1ncc(-c2ccc(Cl)c(Cl)c2)c(C(=O)O)c1=O. The normalized spacial score (nSPS) is 10.5. The number of carbonyl (C=O) groups is 1. The van der Waals surface area contributed by atoms with E-state index in [-0.39, 0.29) is 16.1 Å². The third-order valence-corrected chi connectivity index (χ3v) is 3.32. The second-order valence-corrected chi connectivity index (χ2v) is 4.61. The molecular formula is C12H8Cl2N2O3. The lowest BCUT2D eigenvalue weighted by atomic mass is 10.0. The standard InChI is InChI=1S/C12H8Cl2N2O3/c1-16-11(17)10(12(18)19)7(5-15-16)6-2-3-8(13)9(14)4-6/h2-5H,1H3,(H,18,19). The van der Waals surface area contributed by atoms with Gasteiger partial charge in [-0.3, -0.25) is 4.79 Å². The first kappa shape index (κ1) is 13.6. The highest BCUT2D eigenvalue weighted by Crippen LogP contribution is 2.29. The van der Waals surface area contributed by atoms with Crippen LogP contribution in [0.3, 0.4) is 0 Å². The van der Waals surface area contributed by atoms with Gasteiger partial charge in [-0.15, -0.1) is 0 Å². The summed E-state index contributed by atoms with van der Waals surface area (Å²) in [4.78, 5) is 23.0. The molecule has 0 spiro atoms. The highest BCUT2D eigenvalue weighted by Gasteiger charge is 2.18. The highest BCUT2D eigenvalue weighted by atomic mass is 35.5. The van der Waals surface area contributed by atoms with Crippen molar-refractivity contribution in [2.24, 2.45) is 7.05 Å². The Bertz CT molecular complexity index is 725. The molecule has 0 amide bonds. The van der Waals surface area contributed by atoms with Gasteiger partial charge in [0.05, 0.1) is 16.2 Å². The minimum Gasteiger partial charge on any atom is -0.477 e. The molecule has 2 rings (SSSR count). The van der Waals surface area contributed by atoms with Gasteiger partial charge >= 0.3 is 5.97 Å². The van der Waals surface area contributed by atoms with E-state index in [2.05, 4.69) is 5.10 Å². The van der Waals surface area contributed by atoms with Crippen LogP contribution in [-0.2, 0) is 7.05 Å². The molecule has 2 aromatic rings. The molecule has 1 heterocycles. The van der Waals surface area contributed by atoms with E-state index in [0.29, 0.717) is 10.6 Å². The van der Waals surface area contributed by atoms with Crippen molar-refractivity contribution in [1.82, 2.24) is 9.78 Å². The number of aromatic nitrogens is 2. The second kappa shape index (κ2) is 5.03. The fourth-order valence-corrected chi connectivity index (χ4v) is 1.93. The monoisotopic (exact) mass is 298 g/mol. The van der Waals surface area contributed by atoms with Crippen molar-refractivity contribution in [3.63, 3.8) is 0 Å². The third-order valence-electron chi connectivity index (χ3n) is 2.58. The van der Waals surface area contributed by atoms with Crippen LogP contribution in [0.15, 0.2) is 29.2 Å². The van der Waals surface area contributed by atoms with Crippen LogP contribution in [0.5, 0.6) is 0 Å². The molecular weight excluding hydrogens is 291 g/mol. The Kier molecular flexibility index (Phi) is 3.59. The molecule has 7 heteroatoms. The van der Waals surface area contributed by atoms with E-state index >= 15 is 0 Å². The summed E-state index contributed by atoms with van der Waals surface area (Å²) in [5.41, 5.74) is -0.363. The average molecular weight is 299 g/mol. The fraction of sp³-hybridized carbons (Fsp3) is 0.0833. The van der Waals surface area contributed by atoms with E-state index in [4.69, 9.17) is 28.3 Å². The van der Waals surface area contributed by atoms with Crippen LogP contribution in [-0.4, -0.2) is 20.9 Å². The van der Waals surface area contributed by atoms with Crippen molar-refractivity contribution >= 4 is 29.2 Å². The van der Waals surface area contributed by atoms with Crippen LogP contribution >= 0.6 is 23.2 Å². The summed E-state index contributed by atoms with van der Waals surface area (Å²) in [5.74, 6) is -1.32. The first-order chi connectivity index (χ1) is 8.91. The topological polar surface area (TPSA) is 72.2 Å². The smallest absolute Gasteiger partial charge is 0.342 e. The van der Waals surface area contributed by atoms with E-state index in [9.17, 15) is 9.59 Å². The van der Waals surface area contributed by atoms with Crippen molar-refractivity contribution < 1.29 is 9.90 Å². The van der Waals surface area contributed by atoms with Gasteiger partial charge in [-0.2, -0.15) is 5.10 Å². The molecule has 0 aliphatic heterocycles. The molecule has 5 nitrogen and oxygen atoms in total. The van der Waals surface area contributed by atoms with Crippen LogP contribution in [0.4, 0.5) is 0 Å². The lowest BCUT2D eigenvalue weighted by Gasteiger charge is -2.07. The van der Waals surface area contributed by atoms with Gasteiger partial charge in [0.2, 0.25) is 0 Å². The largest absolute Gasteiger partial charge is 0.477 e. The van der Waals surface area contributed by atoms with Crippen LogP contribution in [0.2, 0.25) is 10.0 Å². The summed E-state index contributed by atoms with van der Waals surface area (Å²) in [6.45, 7) is 0. The molecule has 0 radical (unpaired) electrons. The van der Waals surface area contributed by atoms with Gasteiger partial charge in [0.25, 0.3) is 5.56 Å². The fourth-order valence-electron chi connectivity index (χ4n) is 1.63. The van der Waals surface area contributed by atoms with Gasteiger partial charge < -0.3 is 5.11 Å². The molecule has 0 aliphatic carbocycles. The lowest BCUT2D eigenvalue weighted by Crippen LogP contribution is -2.27. The summed E-state index contributed by atoms with van der Waals surface area (Å²) < 4.78 is 0.963. The maximum atomic E-state index is 11.8. The lowest BCUT2D eigenvalue weighted by molar-refractivity contribution is 0.0694. The van der Waals surface area contributed by atoms with Crippen LogP contribution < -0.4 is 5.56 Å². The first-order valence-electron chi connectivity index (χ1n) is 5.17. The Morgan fingerprint density at radius 1 is 1.32 bits per heavy atom. The average Bonchev–Trinajstić information content (AvgIpc) is 2.35. The zero-order valence-electron chi connectivity index (χ0n) is 9.72. The van der Waals surface area contributed by atoms with Crippen LogP contribution in [0.1, 0.15) is 10.4 Å². The summed E-state index contributed by atoms with van der Waals surface area (Å²) in [6.07, 6.45) is 1.31. The summed E-state index contributed by atoms with van der Waals surface area (Å²) >= 11 is 11.7. The molecule has 0 fully saturated rings. The molecule has 1 N–H and O–H groups in total. The van der Waals surface area contributed by atoms with Crippen molar-refractivity contribution in [1.29, 1.82) is 0 Å². The van der Waals surface area contributed by atoms with Crippen molar-refractivity contribution in [3.8, 4) is 11.1 Å². The maximum Gasteiger partial charge on any atom is 0.342 e. The Morgan fingerprint density at radius 3 is 2.58 bits per heavy atom. The number of hydrogen-bond donors (Lipinski definition) is 1. The van der Waals surface area contributed by atoms with Crippen LogP contribution in [0.25, 0.3) is 11.1 Å². The van der Waals surface area contributed by atoms with Crippen molar-refractivity contribution in [2.75, 3.05) is 0 Å². The third kappa shape index (κ3) is 2.47. The van der Waals surface area contributed by atoms with Gasteiger partial charge in [0.15, 0.2) is 0 Å².